The molecule has 0 amide bonds. The number of fused-ring (bicyclic) bond motifs is 1. The number of benzene rings is 1. The van der Waals surface area contributed by atoms with Crippen molar-refractivity contribution in [2.75, 3.05) is 32.8 Å². The molecule has 0 unspecified atom stereocenters. The van der Waals surface area contributed by atoms with Crippen molar-refractivity contribution in [1.29, 1.82) is 0 Å². The number of piperazine rings is 1. The number of aryl methyl sites for hydroxylation is 1. The maximum absolute atomic E-state index is 5.91. The van der Waals surface area contributed by atoms with Gasteiger partial charge in [-0.25, -0.2) is 0 Å². The summed E-state index contributed by atoms with van der Waals surface area (Å²) < 4.78 is 11.4. The Hall–Kier alpha value is -1.76. The molecule has 0 spiro atoms. The van der Waals surface area contributed by atoms with Crippen LogP contribution < -0.4 is 0 Å². The molecular weight excluding hydrogens is 328 g/mol. The largest absolute Gasteiger partial charge is 0.378 e. The standard InChI is InChI=1S/C20H26N4O2/c1-14-4-2-3-5-17(14)20-21-19(26-22-20)11-23-8-9-24-16(10-23)12-25-13-18(24)15-6-7-15/h2-5,15-16,18H,6-13H2,1H3/t16-,18-/m1/s1. The van der Waals surface area contributed by atoms with E-state index in [0.717, 1.165) is 50.9 Å². The lowest BCUT2D eigenvalue weighted by Crippen LogP contribution is -2.62. The predicted molar refractivity (Wildman–Crippen MR) is 97.6 cm³/mol. The molecule has 0 bridgehead atoms. The Bertz CT molecular complexity index is 773. The monoisotopic (exact) mass is 354 g/mol. The zero-order valence-corrected chi connectivity index (χ0v) is 15.3. The zero-order valence-electron chi connectivity index (χ0n) is 15.3. The van der Waals surface area contributed by atoms with Crippen molar-refractivity contribution in [3.05, 3.63) is 35.7 Å². The van der Waals surface area contributed by atoms with E-state index in [-0.39, 0.29) is 0 Å². The van der Waals surface area contributed by atoms with E-state index in [0.29, 0.717) is 23.8 Å². The summed E-state index contributed by atoms with van der Waals surface area (Å²) in [6.45, 7) is 7.75. The molecular formula is C20H26N4O2. The van der Waals surface area contributed by atoms with Crippen LogP contribution in [0, 0.1) is 12.8 Å². The Morgan fingerprint density at radius 2 is 2.04 bits per heavy atom. The Kier molecular flexibility index (Phi) is 4.27. The van der Waals surface area contributed by atoms with Gasteiger partial charge in [-0.15, -0.1) is 0 Å². The minimum Gasteiger partial charge on any atom is -0.378 e. The molecule has 1 aromatic heterocycles. The lowest BCUT2D eigenvalue weighted by atomic mass is 10.0. The molecule has 3 heterocycles. The van der Waals surface area contributed by atoms with Gasteiger partial charge >= 0.3 is 0 Å². The molecule has 6 heteroatoms. The molecule has 3 aliphatic rings. The van der Waals surface area contributed by atoms with Crippen molar-refractivity contribution in [3.8, 4) is 11.4 Å². The lowest BCUT2D eigenvalue weighted by Gasteiger charge is -2.48. The van der Waals surface area contributed by atoms with Gasteiger partial charge in [0.05, 0.1) is 19.8 Å². The number of hydrogen-bond donors (Lipinski definition) is 0. The highest BCUT2D eigenvalue weighted by Crippen LogP contribution is 2.38. The van der Waals surface area contributed by atoms with Crippen LogP contribution in [0.1, 0.15) is 24.3 Å². The van der Waals surface area contributed by atoms with Crippen molar-refractivity contribution in [3.63, 3.8) is 0 Å². The molecule has 2 saturated heterocycles. The predicted octanol–water partition coefficient (Wildman–Crippen LogP) is 2.34. The first-order valence-corrected chi connectivity index (χ1v) is 9.72. The number of rotatable bonds is 4. The van der Waals surface area contributed by atoms with Crippen LogP contribution in [0.5, 0.6) is 0 Å². The quantitative estimate of drug-likeness (QED) is 0.840. The third-order valence-corrected chi connectivity index (χ3v) is 6.02. The van der Waals surface area contributed by atoms with E-state index in [9.17, 15) is 0 Å². The van der Waals surface area contributed by atoms with E-state index < -0.39 is 0 Å². The zero-order chi connectivity index (χ0) is 17.5. The van der Waals surface area contributed by atoms with Crippen molar-refractivity contribution in [1.82, 2.24) is 19.9 Å². The first-order chi connectivity index (χ1) is 12.8. The molecule has 1 aromatic carbocycles. The number of aromatic nitrogens is 2. The number of ether oxygens (including phenoxy) is 1. The molecule has 2 atom stereocenters. The molecule has 5 rings (SSSR count). The third kappa shape index (κ3) is 3.17. The average molecular weight is 354 g/mol. The van der Waals surface area contributed by atoms with E-state index in [1.807, 2.05) is 18.2 Å². The van der Waals surface area contributed by atoms with Crippen LogP contribution in [0.4, 0.5) is 0 Å². The van der Waals surface area contributed by atoms with Crippen molar-refractivity contribution in [2.24, 2.45) is 5.92 Å². The third-order valence-electron chi connectivity index (χ3n) is 6.02. The van der Waals surface area contributed by atoms with Crippen LogP contribution in [0.15, 0.2) is 28.8 Å². The molecule has 3 fully saturated rings. The molecule has 2 aliphatic heterocycles. The highest BCUT2D eigenvalue weighted by atomic mass is 16.5. The van der Waals surface area contributed by atoms with Crippen LogP contribution in [-0.4, -0.2) is 64.9 Å². The van der Waals surface area contributed by atoms with Crippen molar-refractivity contribution < 1.29 is 9.26 Å². The van der Waals surface area contributed by atoms with E-state index in [4.69, 9.17) is 9.26 Å². The second-order valence-corrected chi connectivity index (χ2v) is 7.90. The molecule has 6 nitrogen and oxygen atoms in total. The van der Waals surface area contributed by atoms with Crippen LogP contribution >= 0.6 is 0 Å². The molecule has 2 aromatic rings. The van der Waals surface area contributed by atoms with Gasteiger partial charge in [-0.2, -0.15) is 4.98 Å². The molecule has 138 valence electrons. The summed E-state index contributed by atoms with van der Waals surface area (Å²) in [6.07, 6.45) is 2.76. The Morgan fingerprint density at radius 1 is 1.15 bits per heavy atom. The number of nitrogens with zero attached hydrogens (tertiary/aromatic N) is 4. The van der Waals surface area contributed by atoms with Crippen LogP contribution in [-0.2, 0) is 11.3 Å². The highest BCUT2D eigenvalue weighted by Gasteiger charge is 2.42. The second-order valence-electron chi connectivity index (χ2n) is 7.90. The maximum atomic E-state index is 5.91. The lowest BCUT2D eigenvalue weighted by molar-refractivity contribution is -0.0889. The van der Waals surface area contributed by atoms with E-state index in [2.05, 4.69) is 32.9 Å². The van der Waals surface area contributed by atoms with Gasteiger partial charge in [-0.1, -0.05) is 29.4 Å². The van der Waals surface area contributed by atoms with Crippen LogP contribution in [0.3, 0.4) is 0 Å². The van der Waals surface area contributed by atoms with E-state index in [1.165, 1.54) is 18.4 Å². The van der Waals surface area contributed by atoms with Gasteiger partial charge in [-0.3, -0.25) is 9.80 Å². The first kappa shape index (κ1) is 16.4. The van der Waals surface area contributed by atoms with E-state index >= 15 is 0 Å². The highest BCUT2D eigenvalue weighted by molar-refractivity contribution is 5.58. The van der Waals surface area contributed by atoms with Gasteiger partial charge in [0.15, 0.2) is 0 Å². The molecule has 0 N–H and O–H groups in total. The van der Waals surface area contributed by atoms with Crippen molar-refractivity contribution >= 4 is 0 Å². The van der Waals surface area contributed by atoms with Crippen molar-refractivity contribution in [2.45, 2.75) is 38.4 Å². The number of morpholine rings is 1. The minimum atomic E-state index is 0.502. The fraction of sp³-hybridized carbons (Fsp3) is 0.600. The minimum absolute atomic E-state index is 0.502. The Labute approximate surface area is 154 Å². The van der Waals surface area contributed by atoms with Crippen LogP contribution in [0.25, 0.3) is 11.4 Å². The van der Waals surface area contributed by atoms with Gasteiger partial charge in [-0.05, 0) is 31.2 Å². The summed E-state index contributed by atoms with van der Waals surface area (Å²) in [7, 11) is 0. The summed E-state index contributed by atoms with van der Waals surface area (Å²) in [5.41, 5.74) is 2.21. The summed E-state index contributed by atoms with van der Waals surface area (Å²) in [4.78, 5) is 9.75. The van der Waals surface area contributed by atoms with Gasteiger partial charge in [0.1, 0.15) is 0 Å². The van der Waals surface area contributed by atoms with Gasteiger partial charge in [0.2, 0.25) is 11.7 Å². The Balaban J connectivity index is 1.24. The number of hydrogen-bond acceptors (Lipinski definition) is 6. The maximum Gasteiger partial charge on any atom is 0.241 e. The normalized spacial score (nSPS) is 27.4. The first-order valence-electron chi connectivity index (χ1n) is 9.72. The second kappa shape index (κ2) is 6.76. The topological polar surface area (TPSA) is 54.6 Å². The molecule has 1 saturated carbocycles. The summed E-state index contributed by atoms with van der Waals surface area (Å²) in [5, 5.41) is 4.19. The Morgan fingerprint density at radius 3 is 2.88 bits per heavy atom. The van der Waals surface area contributed by atoms with Gasteiger partial charge in [0, 0.05) is 37.3 Å². The fourth-order valence-electron chi connectivity index (χ4n) is 4.41. The molecule has 26 heavy (non-hydrogen) atoms. The fourth-order valence-corrected chi connectivity index (χ4v) is 4.41. The van der Waals surface area contributed by atoms with Gasteiger partial charge < -0.3 is 9.26 Å². The van der Waals surface area contributed by atoms with E-state index in [1.54, 1.807) is 0 Å². The molecule has 0 radical (unpaired) electrons. The van der Waals surface area contributed by atoms with Crippen LogP contribution in [0.2, 0.25) is 0 Å². The van der Waals surface area contributed by atoms with Gasteiger partial charge in [0.25, 0.3) is 0 Å². The summed E-state index contributed by atoms with van der Waals surface area (Å²) in [5.74, 6) is 2.26. The summed E-state index contributed by atoms with van der Waals surface area (Å²) >= 11 is 0. The SMILES string of the molecule is Cc1ccccc1-c1noc(CN2CCN3[C@@H](COC[C@@H]3C3CC3)C2)n1. The smallest absolute Gasteiger partial charge is 0.241 e. The summed E-state index contributed by atoms with van der Waals surface area (Å²) in [6, 6.07) is 9.30. The molecule has 1 aliphatic carbocycles. The average Bonchev–Trinajstić information content (AvgIpc) is 3.41.